The van der Waals surface area contributed by atoms with E-state index < -0.39 is 5.97 Å². The molecule has 0 amide bonds. The van der Waals surface area contributed by atoms with Gasteiger partial charge < -0.3 is 9.47 Å². The number of unbranched alkanes of at least 4 members (excludes halogenated alkanes) is 1. The summed E-state index contributed by atoms with van der Waals surface area (Å²) in [6.07, 6.45) is 1.70. The average Bonchev–Trinajstić information content (AvgIpc) is 2.29. The average molecular weight is 242 g/mol. The Bertz CT molecular complexity index is 302. The Balaban J connectivity index is 3.83. The lowest BCUT2D eigenvalue weighted by atomic mass is 10.1. The van der Waals surface area contributed by atoms with Gasteiger partial charge in [-0.15, -0.1) is 0 Å². The highest BCUT2D eigenvalue weighted by atomic mass is 16.5. The van der Waals surface area contributed by atoms with Crippen molar-refractivity contribution >= 4 is 17.9 Å². The van der Waals surface area contributed by atoms with Crippen LogP contribution in [0.15, 0.2) is 5.57 Å². The van der Waals surface area contributed by atoms with Crippen LogP contribution >= 0.6 is 0 Å². The molecule has 0 aromatic heterocycles. The molecule has 0 fully saturated rings. The number of rotatable bonds is 8. The van der Waals surface area contributed by atoms with Crippen molar-refractivity contribution in [3.63, 3.8) is 0 Å². The molecule has 0 radical (unpaired) electrons. The Hall–Kier alpha value is -1.61. The minimum Gasteiger partial charge on any atom is -0.466 e. The summed E-state index contributed by atoms with van der Waals surface area (Å²) in [7, 11) is 0. The van der Waals surface area contributed by atoms with E-state index in [0.29, 0.717) is 25.9 Å². The first-order valence-electron chi connectivity index (χ1n) is 5.72. The van der Waals surface area contributed by atoms with Crippen LogP contribution in [0.2, 0.25) is 0 Å². The zero-order valence-electron chi connectivity index (χ0n) is 10.3. The molecule has 96 valence electrons. The SMILES string of the molecule is CCOC(=O)CCCCC(=C=O)C(=O)OCC. The van der Waals surface area contributed by atoms with E-state index in [2.05, 4.69) is 4.74 Å². The maximum absolute atomic E-state index is 11.2. The van der Waals surface area contributed by atoms with Gasteiger partial charge in [-0.25, -0.2) is 9.59 Å². The Kier molecular flexibility index (Phi) is 8.69. The predicted molar refractivity (Wildman–Crippen MR) is 60.9 cm³/mol. The number of hydrogen-bond donors (Lipinski definition) is 0. The highest BCUT2D eigenvalue weighted by Crippen LogP contribution is 2.08. The van der Waals surface area contributed by atoms with Crippen LogP contribution in [0.1, 0.15) is 39.5 Å². The van der Waals surface area contributed by atoms with Crippen LogP contribution in [0.4, 0.5) is 0 Å². The maximum atomic E-state index is 11.2. The summed E-state index contributed by atoms with van der Waals surface area (Å²) in [6.45, 7) is 4.00. The second-order valence-corrected chi connectivity index (χ2v) is 3.31. The smallest absolute Gasteiger partial charge is 0.345 e. The zero-order chi connectivity index (χ0) is 13.1. The van der Waals surface area contributed by atoms with Crippen LogP contribution in [0.5, 0.6) is 0 Å². The molecule has 0 saturated carbocycles. The standard InChI is InChI=1S/C12H18O5/c1-3-16-11(14)8-6-5-7-10(9-13)12(15)17-4-2/h3-8H2,1-2H3. The molecule has 17 heavy (non-hydrogen) atoms. The molecule has 0 N–H and O–H groups in total. The lowest BCUT2D eigenvalue weighted by molar-refractivity contribution is -0.143. The van der Waals surface area contributed by atoms with E-state index in [9.17, 15) is 14.4 Å². The first kappa shape index (κ1) is 15.4. The summed E-state index contributed by atoms with van der Waals surface area (Å²) in [6, 6.07) is 0. The molecule has 0 aliphatic carbocycles. The summed E-state index contributed by atoms with van der Waals surface area (Å²) < 4.78 is 9.43. The summed E-state index contributed by atoms with van der Waals surface area (Å²) in [5.74, 6) is 0.686. The van der Waals surface area contributed by atoms with Crippen LogP contribution in [-0.4, -0.2) is 31.1 Å². The Morgan fingerprint density at radius 1 is 1.00 bits per heavy atom. The van der Waals surface area contributed by atoms with Gasteiger partial charge in [0.25, 0.3) is 0 Å². The van der Waals surface area contributed by atoms with E-state index in [-0.39, 0.29) is 24.6 Å². The highest BCUT2D eigenvalue weighted by molar-refractivity contribution is 5.96. The van der Waals surface area contributed by atoms with Crippen molar-refractivity contribution in [2.24, 2.45) is 0 Å². The minimum absolute atomic E-state index is 0.00397. The fourth-order valence-corrected chi connectivity index (χ4v) is 1.22. The molecule has 0 atom stereocenters. The van der Waals surface area contributed by atoms with Gasteiger partial charge in [0.15, 0.2) is 0 Å². The topological polar surface area (TPSA) is 69.7 Å². The lowest BCUT2D eigenvalue weighted by Crippen LogP contribution is -2.09. The molecule has 0 unspecified atom stereocenters. The monoisotopic (exact) mass is 242 g/mol. The normalized spacial score (nSPS) is 9.29. The zero-order valence-corrected chi connectivity index (χ0v) is 10.3. The second kappa shape index (κ2) is 9.60. The molecule has 0 saturated heterocycles. The van der Waals surface area contributed by atoms with Crippen molar-refractivity contribution < 1.29 is 23.9 Å². The largest absolute Gasteiger partial charge is 0.466 e. The second-order valence-electron chi connectivity index (χ2n) is 3.31. The minimum atomic E-state index is -0.626. The van der Waals surface area contributed by atoms with Crippen LogP contribution in [0, 0.1) is 0 Å². The fraction of sp³-hybridized carbons (Fsp3) is 0.667. The van der Waals surface area contributed by atoms with Gasteiger partial charge in [-0.3, -0.25) is 4.79 Å². The number of carbonyl (C=O) groups is 2. The molecular weight excluding hydrogens is 224 g/mol. The van der Waals surface area contributed by atoms with Crippen molar-refractivity contribution in [3.8, 4) is 0 Å². The van der Waals surface area contributed by atoms with Crippen molar-refractivity contribution in [1.29, 1.82) is 0 Å². The van der Waals surface area contributed by atoms with Crippen molar-refractivity contribution in [2.45, 2.75) is 39.5 Å². The molecule has 0 aliphatic rings. The van der Waals surface area contributed by atoms with E-state index >= 15 is 0 Å². The van der Waals surface area contributed by atoms with Gasteiger partial charge in [0, 0.05) is 6.42 Å². The Labute approximate surface area is 101 Å². The number of ether oxygens (including phenoxy) is 2. The molecule has 5 nitrogen and oxygen atoms in total. The number of esters is 2. The fourth-order valence-electron chi connectivity index (χ4n) is 1.22. The molecule has 0 spiro atoms. The summed E-state index contributed by atoms with van der Waals surface area (Å²) in [5, 5.41) is 0. The quantitative estimate of drug-likeness (QED) is 0.279. The van der Waals surface area contributed by atoms with Crippen molar-refractivity contribution in [1.82, 2.24) is 0 Å². The first-order chi connectivity index (χ1) is 8.15. The van der Waals surface area contributed by atoms with Crippen molar-refractivity contribution in [3.05, 3.63) is 5.57 Å². The van der Waals surface area contributed by atoms with Crippen LogP contribution < -0.4 is 0 Å². The van der Waals surface area contributed by atoms with E-state index in [0.717, 1.165) is 0 Å². The molecule has 0 aromatic rings. The highest BCUT2D eigenvalue weighted by Gasteiger charge is 2.11. The lowest BCUT2D eigenvalue weighted by Gasteiger charge is -2.03. The van der Waals surface area contributed by atoms with Gasteiger partial charge in [-0.1, -0.05) is 0 Å². The Morgan fingerprint density at radius 3 is 2.12 bits per heavy atom. The molecule has 0 rings (SSSR count). The molecule has 5 heteroatoms. The molecule has 0 heterocycles. The van der Waals surface area contributed by atoms with E-state index in [4.69, 9.17) is 4.74 Å². The van der Waals surface area contributed by atoms with Gasteiger partial charge in [0.2, 0.25) is 0 Å². The Morgan fingerprint density at radius 2 is 1.59 bits per heavy atom. The maximum Gasteiger partial charge on any atom is 0.345 e. The van der Waals surface area contributed by atoms with Crippen LogP contribution in [-0.2, 0) is 23.9 Å². The van der Waals surface area contributed by atoms with E-state index in [1.807, 2.05) is 0 Å². The third kappa shape index (κ3) is 7.30. The van der Waals surface area contributed by atoms with Gasteiger partial charge in [0.1, 0.15) is 11.5 Å². The van der Waals surface area contributed by atoms with E-state index in [1.165, 1.54) is 0 Å². The number of carbonyl (C=O) groups excluding carboxylic acids is 3. The van der Waals surface area contributed by atoms with Gasteiger partial charge in [-0.05, 0) is 33.1 Å². The van der Waals surface area contributed by atoms with E-state index in [1.54, 1.807) is 19.8 Å². The van der Waals surface area contributed by atoms with Gasteiger partial charge in [-0.2, -0.15) is 0 Å². The molecular formula is C12H18O5. The predicted octanol–water partition coefficient (Wildman–Crippen LogP) is 1.43. The summed E-state index contributed by atoms with van der Waals surface area (Å²) in [4.78, 5) is 32.7. The summed E-state index contributed by atoms with van der Waals surface area (Å²) in [5.41, 5.74) is -0.00397. The molecule has 0 bridgehead atoms. The van der Waals surface area contributed by atoms with Crippen LogP contribution in [0.3, 0.4) is 0 Å². The van der Waals surface area contributed by atoms with Crippen molar-refractivity contribution in [2.75, 3.05) is 13.2 Å². The molecule has 0 aromatic carbocycles. The van der Waals surface area contributed by atoms with Gasteiger partial charge >= 0.3 is 11.9 Å². The third-order valence-electron chi connectivity index (χ3n) is 2.01. The molecule has 0 aliphatic heterocycles. The third-order valence-corrected chi connectivity index (χ3v) is 2.01. The summed E-state index contributed by atoms with van der Waals surface area (Å²) >= 11 is 0. The van der Waals surface area contributed by atoms with Crippen LogP contribution in [0.25, 0.3) is 0 Å². The van der Waals surface area contributed by atoms with Gasteiger partial charge in [0.05, 0.1) is 13.2 Å². The first-order valence-corrected chi connectivity index (χ1v) is 5.72. The number of hydrogen-bond acceptors (Lipinski definition) is 5.